The van der Waals surface area contributed by atoms with Gasteiger partial charge in [-0.2, -0.15) is 5.26 Å². The van der Waals surface area contributed by atoms with Gasteiger partial charge in [-0.25, -0.2) is 13.4 Å². The molecule has 0 bridgehead atoms. The molecule has 0 unspecified atom stereocenters. The molecule has 0 saturated carbocycles. The highest BCUT2D eigenvalue weighted by Crippen LogP contribution is 2.27. The fourth-order valence-corrected chi connectivity index (χ4v) is 5.75. The van der Waals surface area contributed by atoms with Gasteiger partial charge in [-0.15, -0.1) is 0 Å². The maximum atomic E-state index is 13.6. The Labute approximate surface area is 252 Å². The Balaban J connectivity index is 1.16. The molecule has 0 atom stereocenters. The van der Waals surface area contributed by atoms with Gasteiger partial charge in [-0.05, 0) is 72.5 Å². The molecule has 1 amide bonds. The average Bonchev–Trinajstić information content (AvgIpc) is 3.00. The Hall–Kier alpha value is -4.72. The quantitative estimate of drug-likeness (QED) is 0.263. The summed E-state index contributed by atoms with van der Waals surface area (Å²) < 4.78 is 31.0. The number of carbonyl (C=O) groups excluding carboxylic acids is 1. The summed E-state index contributed by atoms with van der Waals surface area (Å²) in [7, 11) is -3.34. The lowest BCUT2D eigenvalue weighted by Gasteiger charge is -2.38. The van der Waals surface area contributed by atoms with E-state index >= 15 is 0 Å². The van der Waals surface area contributed by atoms with Crippen molar-refractivity contribution in [3.8, 4) is 17.7 Å². The van der Waals surface area contributed by atoms with Crippen molar-refractivity contribution in [1.29, 1.82) is 5.26 Å². The Morgan fingerprint density at radius 2 is 1.65 bits per heavy atom. The van der Waals surface area contributed by atoms with Crippen LogP contribution in [0.2, 0.25) is 0 Å². The Kier molecular flexibility index (Phi) is 9.35. The molecule has 9 nitrogen and oxygen atoms in total. The molecule has 0 aliphatic carbocycles. The molecule has 1 aliphatic rings. The zero-order valence-corrected chi connectivity index (χ0v) is 24.7. The molecule has 4 aromatic rings. The molecule has 1 fully saturated rings. The molecule has 2 heterocycles. The number of sulfonamides is 1. The Bertz CT molecular complexity index is 1660. The third kappa shape index (κ3) is 8.41. The van der Waals surface area contributed by atoms with Crippen molar-refractivity contribution >= 4 is 27.3 Å². The maximum Gasteiger partial charge on any atom is 0.231 e. The molecule has 1 aromatic heterocycles. The molecule has 1 saturated heterocycles. The van der Waals surface area contributed by atoms with Gasteiger partial charge < -0.3 is 9.64 Å². The van der Waals surface area contributed by atoms with E-state index in [1.807, 2.05) is 59.5 Å². The first-order valence-electron chi connectivity index (χ1n) is 14.0. The summed E-state index contributed by atoms with van der Waals surface area (Å²) in [5.41, 5.74) is 3.90. The van der Waals surface area contributed by atoms with E-state index in [9.17, 15) is 13.2 Å². The monoisotopic (exact) mass is 595 g/mol. The van der Waals surface area contributed by atoms with E-state index in [-0.39, 0.29) is 18.4 Å². The molecule has 10 heteroatoms. The number of amides is 1. The summed E-state index contributed by atoms with van der Waals surface area (Å²) in [6.07, 6.45) is 4.90. The van der Waals surface area contributed by atoms with Crippen molar-refractivity contribution in [3.63, 3.8) is 0 Å². The number of rotatable bonds is 10. The fourth-order valence-electron chi connectivity index (χ4n) is 5.19. The number of benzene rings is 3. The van der Waals surface area contributed by atoms with Crippen molar-refractivity contribution < 1.29 is 17.9 Å². The molecule has 0 spiro atoms. The first kappa shape index (κ1) is 29.8. The van der Waals surface area contributed by atoms with Crippen LogP contribution < -0.4 is 14.4 Å². The van der Waals surface area contributed by atoms with E-state index in [0.717, 1.165) is 55.5 Å². The van der Waals surface area contributed by atoms with E-state index < -0.39 is 10.0 Å². The second kappa shape index (κ2) is 13.5. The Morgan fingerprint density at radius 3 is 2.26 bits per heavy atom. The van der Waals surface area contributed by atoms with Crippen molar-refractivity contribution in [2.24, 2.45) is 0 Å². The Morgan fingerprint density at radius 1 is 0.977 bits per heavy atom. The normalized spacial score (nSPS) is 14.0. The van der Waals surface area contributed by atoms with Gasteiger partial charge in [0, 0.05) is 49.3 Å². The minimum atomic E-state index is -3.34. The van der Waals surface area contributed by atoms with Crippen LogP contribution in [0.3, 0.4) is 0 Å². The highest BCUT2D eigenvalue weighted by atomic mass is 32.2. The average molecular weight is 596 g/mol. The number of carbonyl (C=O) groups is 1. The standard InChI is InChI=1S/C33H33N5O4S/c1-43(40,41)36-28-12-14-31(15-13-28)42-32-16-11-27(23-35-32)24-37-19-17-30(18-20-37)38(29-5-3-2-4-6-29)33(39)21-25-7-9-26(22-34)10-8-25/h2-16,23,30,36H,17-21,24H2,1H3. The summed E-state index contributed by atoms with van der Waals surface area (Å²) in [4.78, 5) is 22.3. The van der Waals surface area contributed by atoms with Crippen molar-refractivity contribution in [2.45, 2.75) is 31.8 Å². The van der Waals surface area contributed by atoms with Crippen molar-refractivity contribution in [1.82, 2.24) is 9.88 Å². The van der Waals surface area contributed by atoms with E-state index in [1.54, 1.807) is 42.6 Å². The number of nitrogens with one attached hydrogen (secondary N) is 1. The molecule has 1 aliphatic heterocycles. The minimum absolute atomic E-state index is 0.0513. The molecule has 3 aromatic carbocycles. The molecule has 43 heavy (non-hydrogen) atoms. The predicted octanol–water partition coefficient (Wildman–Crippen LogP) is 5.36. The van der Waals surface area contributed by atoms with Gasteiger partial charge in [-0.1, -0.05) is 36.4 Å². The molecule has 220 valence electrons. The first-order valence-corrected chi connectivity index (χ1v) is 15.9. The summed E-state index contributed by atoms with van der Waals surface area (Å²) in [6, 6.07) is 29.7. The number of nitriles is 1. The number of hydrogen-bond donors (Lipinski definition) is 1. The van der Waals surface area contributed by atoms with E-state index in [2.05, 4.69) is 20.7 Å². The van der Waals surface area contributed by atoms with Crippen molar-refractivity contribution in [2.75, 3.05) is 29.0 Å². The van der Waals surface area contributed by atoms with E-state index in [0.29, 0.717) is 22.9 Å². The van der Waals surface area contributed by atoms with Crippen LogP contribution in [-0.2, 0) is 27.8 Å². The van der Waals surface area contributed by atoms with Crippen LogP contribution in [0, 0.1) is 11.3 Å². The van der Waals surface area contributed by atoms with Gasteiger partial charge in [0.1, 0.15) is 5.75 Å². The third-order valence-corrected chi connectivity index (χ3v) is 7.85. The topological polar surface area (TPSA) is 116 Å². The number of piperidine rings is 1. The SMILES string of the molecule is CS(=O)(=O)Nc1ccc(Oc2ccc(CN3CCC(N(C(=O)Cc4ccc(C#N)cc4)c4ccccc4)CC3)cn2)cc1. The molecule has 5 rings (SSSR count). The largest absolute Gasteiger partial charge is 0.439 e. The lowest BCUT2D eigenvalue weighted by molar-refractivity contribution is -0.118. The van der Waals surface area contributed by atoms with Crippen LogP contribution >= 0.6 is 0 Å². The number of likely N-dealkylation sites (tertiary alicyclic amines) is 1. The summed E-state index contributed by atoms with van der Waals surface area (Å²) >= 11 is 0. The maximum absolute atomic E-state index is 13.6. The first-order chi connectivity index (χ1) is 20.8. The zero-order valence-electron chi connectivity index (χ0n) is 23.9. The van der Waals surface area contributed by atoms with Crippen molar-refractivity contribution in [3.05, 3.63) is 114 Å². The van der Waals surface area contributed by atoms with Crippen LogP contribution in [0.1, 0.15) is 29.5 Å². The highest BCUT2D eigenvalue weighted by molar-refractivity contribution is 7.92. The van der Waals surface area contributed by atoms with Gasteiger partial charge in [0.2, 0.25) is 21.8 Å². The van der Waals surface area contributed by atoms with Gasteiger partial charge in [0.05, 0.1) is 24.3 Å². The van der Waals surface area contributed by atoms with Crippen LogP contribution in [0.5, 0.6) is 11.6 Å². The number of anilines is 2. The number of hydrogen-bond acceptors (Lipinski definition) is 7. The predicted molar refractivity (Wildman–Crippen MR) is 166 cm³/mol. The highest BCUT2D eigenvalue weighted by Gasteiger charge is 2.29. The number of aromatic nitrogens is 1. The lowest BCUT2D eigenvalue weighted by Crippen LogP contribution is -2.48. The third-order valence-electron chi connectivity index (χ3n) is 7.25. The number of para-hydroxylation sites is 1. The zero-order chi connectivity index (χ0) is 30.2. The number of nitrogens with zero attached hydrogens (tertiary/aromatic N) is 4. The van der Waals surface area contributed by atoms with Gasteiger partial charge in [0.25, 0.3) is 0 Å². The fraction of sp³-hybridized carbons (Fsp3) is 0.242. The number of pyridine rings is 1. The lowest BCUT2D eigenvalue weighted by atomic mass is 10.00. The summed E-state index contributed by atoms with van der Waals surface area (Å²) in [6.45, 7) is 2.45. The van der Waals surface area contributed by atoms with Crippen LogP contribution in [-0.4, -0.2) is 49.6 Å². The second-order valence-corrected chi connectivity index (χ2v) is 12.3. The summed E-state index contributed by atoms with van der Waals surface area (Å²) in [5, 5.41) is 9.08. The minimum Gasteiger partial charge on any atom is -0.439 e. The van der Waals surface area contributed by atoms with E-state index in [4.69, 9.17) is 10.00 Å². The number of ether oxygens (including phenoxy) is 1. The van der Waals surface area contributed by atoms with Crippen LogP contribution in [0.25, 0.3) is 0 Å². The molecule has 0 radical (unpaired) electrons. The second-order valence-electron chi connectivity index (χ2n) is 10.6. The summed E-state index contributed by atoms with van der Waals surface area (Å²) in [5.74, 6) is 1.05. The molecular formula is C33H33N5O4S. The molecular weight excluding hydrogens is 562 g/mol. The van der Waals surface area contributed by atoms with Gasteiger partial charge in [0.15, 0.2) is 0 Å². The van der Waals surface area contributed by atoms with E-state index in [1.165, 1.54) is 0 Å². The van der Waals surface area contributed by atoms with Gasteiger partial charge >= 0.3 is 0 Å². The smallest absolute Gasteiger partial charge is 0.231 e. The van der Waals surface area contributed by atoms with Crippen LogP contribution in [0.4, 0.5) is 11.4 Å². The van der Waals surface area contributed by atoms with Gasteiger partial charge in [-0.3, -0.25) is 14.4 Å². The van der Waals surface area contributed by atoms with Crippen LogP contribution in [0.15, 0.2) is 97.2 Å². The molecule has 1 N–H and O–H groups in total.